The molecule has 0 saturated heterocycles. The maximum atomic E-state index is 12.3. The van der Waals surface area contributed by atoms with Crippen molar-refractivity contribution in [3.8, 4) is 0 Å². The Morgan fingerprint density at radius 3 is 2.11 bits per heavy atom. The van der Waals surface area contributed by atoms with E-state index in [0.717, 1.165) is 12.8 Å². The lowest BCUT2D eigenvalue weighted by molar-refractivity contribution is 0.313. The SMILES string of the molecule is CCC(CC)CN(CC)S(=O)(=O)N(C)CCCCl. The van der Waals surface area contributed by atoms with Gasteiger partial charge in [-0.25, -0.2) is 0 Å². The fourth-order valence-electron chi connectivity index (χ4n) is 1.82. The Morgan fingerprint density at radius 2 is 1.72 bits per heavy atom. The zero-order valence-corrected chi connectivity index (χ0v) is 13.6. The monoisotopic (exact) mass is 298 g/mol. The van der Waals surface area contributed by atoms with Gasteiger partial charge in [0, 0.05) is 32.6 Å². The topological polar surface area (TPSA) is 40.6 Å². The Balaban J connectivity index is 4.70. The lowest BCUT2D eigenvalue weighted by atomic mass is 10.0. The highest BCUT2D eigenvalue weighted by atomic mass is 35.5. The largest absolute Gasteiger partial charge is 0.281 e. The molecule has 0 bridgehead atoms. The van der Waals surface area contributed by atoms with E-state index < -0.39 is 10.2 Å². The van der Waals surface area contributed by atoms with Crippen molar-refractivity contribution >= 4 is 21.8 Å². The zero-order chi connectivity index (χ0) is 14.2. The van der Waals surface area contributed by atoms with E-state index in [2.05, 4.69) is 13.8 Å². The summed E-state index contributed by atoms with van der Waals surface area (Å²) in [5, 5.41) is 0. The fraction of sp³-hybridized carbons (Fsp3) is 1.00. The fourth-order valence-corrected chi connectivity index (χ4v) is 3.42. The molecule has 0 fully saturated rings. The van der Waals surface area contributed by atoms with E-state index in [1.807, 2.05) is 6.92 Å². The molecule has 0 rings (SSSR count). The van der Waals surface area contributed by atoms with E-state index in [1.165, 1.54) is 4.31 Å². The lowest BCUT2D eigenvalue weighted by Crippen LogP contribution is -2.44. The normalized spacial score (nSPS) is 12.9. The van der Waals surface area contributed by atoms with Gasteiger partial charge >= 0.3 is 0 Å². The second kappa shape index (κ2) is 9.13. The zero-order valence-electron chi connectivity index (χ0n) is 12.0. The molecule has 0 aromatic heterocycles. The van der Waals surface area contributed by atoms with E-state index in [0.29, 0.717) is 37.9 Å². The molecule has 0 aliphatic rings. The standard InChI is InChI=1S/C12H27ClN2O2S/c1-5-12(6-2)11-15(7-3)18(16,17)14(4)10-8-9-13/h12H,5-11H2,1-4H3. The first-order valence-electron chi connectivity index (χ1n) is 6.71. The number of hydrogen-bond donors (Lipinski definition) is 0. The molecule has 0 saturated carbocycles. The van der Waals surface area contributed by atoms with Gasteiger partial charge in [-0.3, -0.25) is 0 Å². The van der Waals surface area contributed by atoms with E-state index in [1.54, 1.807) is 11.4 Å². The smallest absolute Gasteiger partial charge is 0.195 e. The molecule has 0 aromatic carbocycles. The minimum Gasteiger partial charge on any atom is -0.195 e. The van der Waals surface area contributed by atoms with Crippen molar-refractivity contribution in [1.29, 1.82) is 0 Å². The molecular formula is C12H27ClN2O2S. The van der Waals surface area contributed by atoms with Crippen LogP contribution in [-0.4, -0.2) is 49.6 Å². The van der Waals surface area contributed by atoms with Gasteiger partial charge < -0.3 is 0 Å². The summed E-state index contributed by atoms with van der Waals surface area (Å²) in [6.07, 6.45) is 2.70. The Kier molecular flexibility index (Phi) is 9.21. The number of alkyl halides is 1. The lowest BCUT2D eigenvalue weighted by Gasteiger charge is -2.29. The second-order valence-electron chi connectivity index (χ2n) is 4.51. The van der Waals surface area contributed by atoms with Crippen LogP contribution < -0.4 is 0 Å². The van der Waals surface area contributed by atoms with E-state index >= 15 is 0 Å². The molecular weight excluding hydrogens is 272 g/mol. The summed E-state index contributed by atoms with van der Waals surface area (Å²) in [6.45, 7) is 7.69. The number of hydrogen-bond acceptors (Lipinski definition) is 2. The molecule has 0 amide bonds. The van der Waals surface area contributed by atoms with Crippen molar-refractivity contribution in [3.05, 3.63) is 0 Å². The van der Waals surface area contributed by atoms with Crippen molar-refractivity contribution in [1.82, 2.24) is 8.61 Å². The first kappa shape index (κ1) is 18.2. The number of rotatable bonds is 10. The maximum Gasteiger partial charge on any atom is 0.281 e. The predicted octanol–water partition coefficient (Wildman–Crippen LogP) is 2.55. The molecule has 0 aliphatic carbocycles. The van der Waals surface area contributed by atoms with Gasteiger partial charge in [0.1, 0.15) is 0 Å². The molecule has 110 valence electrons. The van der Waals surface area contributed by atoms with Gasteiger partial charge in [-0.2, -0.15) is 17.0 Å². The third-order valence-corrected chi connectivity index (χ3v) is 5.59. The molecule has 0 N–H and O–H groups in total. The third-order valence-electron chi connectivity index (χ3n) is 3.30. The first-order valence-corrected chi connectivity index (χ1v) is 8.64. The van der Waals surface area contributed by atoms with Crippen LogP contribution in [0.15, 0.2) is 0 Å². The predicted molar refractivity (Wildman–Crippen MR) is 78.2 cm³/mol. The van der Waals surface area contributed by atoms with Gasteiger partial charge in [0.05, 0.1) is 0 Å². The molecule has 0 heterocycles. The Labute approximate surface area is 117 Å². The van der Waals surface area contributed by atoms with E-state index in [4.69, 9.17) is 11.6 Å². The summed E-state index contributed by atoms with van der Waals surface area (Å²) in [5.41, 5.74) is 0. The van der Waals surface area contributed by atoms with Crippen LogP contribution in [0, 0.1) is 5.92 Å². The van der Waals surface area contributed by atoms with Crippen molar-refractivity contribution < 1.29 is 8.42 Å². The van der Waals surface area contributed by atoms with Crippen LogP contribution in [0.25, 0.3) is 0 Å². The van der Waals surface area contributed by atoms with Crippen LogP contribution in [0.4, 0.5) is 0 Å². The molecule has 0 unspecified atom stereocenters. The summed E-state index contributed by atoms with van der Waals surface area (Å²) in [4.78, 5) is 0. The summed E-state index contributed by atoms with van der Waals surface area (Å²) in [5.74, 6) is 0.916. The molecule has 0 aliphatic heterocycles. The van der Waals surface area contributed by atoms with E-state index in [-0.39, 0.29) is 0 Å². The molecule has 0 spiro atoms. The number of nitrogens with zero attached hydrogens (tertiary/aromatic N) is 2. The molecule has 18 heavy (non-hydrogen) atoms. The van der Waals surface area contributed by atoms with Crippen molar-refractivity contribution in [2.24, 2.45) is 5.92 Å². The van der Waals surface area contributed by atoms with Crippen molar-refractivity contribution in [3.63, 3.8) is 0 Å². The van der Waals surface area contributed by atoms with Gasteiger partial charge in [-0.1, -0.05) is 33.6 Å². The van der Waals surface area contributed by atoms with Crippen LogP contribution in [0.2, 0.25) is 0 Å². The van der Waals surface area contributed by atoms with E-state index in [9.17, 15) is 8.42 Å². The quantitative estimate of drug-likeness (QED) is 0.582. The summed E-state index contributed by atoms with van der Waals surface area (Å²) in [7, 11) is -1.71. The van der Waals surface area contributed by atoms with Crippen molar-refractivity contribution in [2.75, 3.05) is 32.6 Å². The Hall–Kier alpha value is 0.160. The summed E-state index contributed by atoms with van der Waals surface area (Å²) >= 11 is 5.60. The highest BCUT2D eigenvalue weighted by molar-refractivity contribution is 7.86. The first-order chi connectivity index (χ1) is 8.43. The van der Waals surface area contributed by atoms with Gasteiger partial charge in [-0.15, -0.1) is 11.6 Å². The van der Waals surface area contributed by atoms with Crippen LogP contribution in [0.5, 0.6) is 0 Å². The second-order valence-corrected chi connectivity index (χ2v) is 6.92. The molecule has 6 heteroatoms. The average Bonchev–Trinajstić information content (AvgIpc) is 2.36. The van der Waals surface area contributed by atoms with Gasteiger partial charge in [0.15, 0.2) is 0 Å². The Bertz CT molecular complexity index is 305. The number of halogens is 1. The minimum atomic E-state index is -3.33. The Morgan fingerprint density at radius 1 is 1.17 bits per heavy atom. The van der Waals surface area contributed by atoms with Crippen LogP contribution in [-0.2, 0) is 10.2 Å². The molecule has 0 atom stereocenters. The van der Waals surface area contributed by atoms with Crippen LogP contribution in [0.1, 0.15) is 40.0 Å². The summed E-state index contributed by atoms with van der Waals surface area (Å²) in [6, 6.07) is 0. The molecule has 0 aromatic rings. The molecule has 4 nitrogen and oxygen atoms in total. The van der Waals surface area contributed by atoms with Gasteiger partial charge in [0.2, 0.25) is 0 Å². The van der Waals surface area contributed by atoms with Crippen LogP contribution >= 0.6 is 11.6 Å². The van der Waals surface area contributed by atoms with Gasteiger partial charge in [-0.05, 0) is 12.3 Å². The van der Waals surface area contributed by atoms with Gasteiger partial charge in [0.25, 0.3) is 10.2 Å². The van der Waals surface area contributed by atoms with Crippen molar-refractivity contribution in [2.45, 2.75) is 40.0 Å². The summed E-state index contributed by atoms with van der Waals surface area (Å²) < 4.78 is 27.7. The minimum absolute atomic E-state index is 0.432. The highest BCUT2D eigenvalue weighted by Crippen LogP contribution is 2.15. The molecule has 0 radical (unpaired) electrons. The highest BCUT2D eigenvalue weighted by Gasteiger charge is 2.26. The van der Waals surface area contributed by atoms with Crippen LogP contribution in [0.3, 0.4) is 0 Å². The maximum absolute atomic E-state index is 12.3. The third kappa shape index (κ3) is 5.43. The average molecular weight is 299 g/mol.